The van der Waals surface area contributed by atoms with Crippen molar-refractivity contribution in [1.29, 1.82) is 0 Å². The molecule has 5 nitrogen and oxygen atoms in total. The number of likely N-dealkylation sites (tertiary alicyclic amines) is 1. The molecule has 1 aliphatic rings. The van der Waals surface area contributed by atoms with Gasteiger partial charge in [0.1, 0.15) is 6.04 Å². The third-order valence-corrected chi connectivity index (χ3v) is 3.99. The van der Waals surface area contributed by atoms with E-state index in [2.05, 4.69) is 0 Å². The van der Waals surface area contributed by atoms with Crippen LogP contribution in [0.25, 0.3) is 0 Å². The minimum Gasteiger partial charge on any atom is -0.480 e. The molecule has 1 amide bonds. The van der Waals surface area contributed by atoms with E-state index in [0.29, 0.717) is 6.54 Å². The summed E-state index contributed by atoms with van der Waals surface area (Å²) >= 11 is 0. The SMILES string of the molecule is CC1(C)CCCN(C(=O)[C@@H](N)C(C)(C)C)C1C(=O)O. The van der Waals surface area contributed by atoms with E-state index in [1.807, 2.05) is 34.6 Å². The summed E-state index contributed by atoms with van der Waals surface area (Å²) < 4.78 is 0. The summed E-state index contributed by atoms with van der Waals surface area (Å²) in [5, 5.41) is 9.44. The number of carboxylic acid groups (broad SMARTS) is 1. The molecular formula is C14H26N2O3. The zero-order chi connectivity index (χ0) is 15.0. The van der Waals surface area contributed by atoms with E-state index >= 15 is 0 Å². The predicted octanol–water partition coefficient (Wildman–Crippen LogP) is 1.46. The second kappa shape index (κ2) is 5.12. The predicted molar refractivity (Wildman–Crippen MR) is 73.6 cm³/mol. The zero-order valence-corrected chi connectivity index (χ0v) is 12.6. The molecule has 1 heterocycles. The number of amides is 1. The normalized spacial score (nSPS) is 24.9. The Morgan fingerprint density at radius 2 is 1.89 bits per heavy atom. The maximum atomic E-state index is 12.5. The first-order valence-electron chi connectivity index (χ1n) is 6.77. The molecule has 1 saturated heterocycles. The number of nitrogens with two attached hydrogens (primary N) is 1. The van der Waals surface area contributed by atoms with Crippen molar-refractivity contribution in [2.24, 2.45) is 16.6 Å². The molecule has 1 fully saturated rings. The van der Waals surface area contributed by atoms with Gasteiger partial charge in [0.05, 0.1) is 6.04 Å². The van der Waals surface area contributed by atoms with Crippen molar-refractivity contribution in [1.82, 2.24) is 4.90 Å². The molecule has 3 N–H and O–H groups in total. The fourth-order valence-electron chi connectivity index (χ4n) is 2.65. The molecule has 0 spiro atoms. The van der Waals surface area contributed by atoms with E-state index in [1.165, 1.54) is 4.90 Å². The first-order valence-corrected chi connectivity index (χ1v) is 6.77. The van der Waals surface area contributed by atoms with Gasteiger partial charge in [0.15, 0.2) is 0 Å². The smallest absolute Gasteiger partial charge is 0.326 e. The van der Waals surface area contributed by atoms with Crippen molar-refractivity contribution in [3.05, 3.63) is 0 Å². The topological polar surface area (TPSA) is 83.6 Å². The van der Waals surface area contributed by atoms with E-state index in [1.54, 1.807) is 0 Å². The van der Waals surface area contributed by atoms with Crippen LogP contribution in [0.3, 0.4) is 0 Å². The first kappa shape index (κ1) is 16.0. The average Bonchev–Trinajstić information content (AvgIpc) is 2.23. The number of nitrogens with zero attached hydrogens (tertiary/aromatic N) is 1. The summed E-state index contributed by atoms with van der Waals surface area (Å²) in [6.07, 6.45) is 1.62. The molecule has 0 aliphatic carbocycles. The molecule has 110 valence electrons. The van der Waals surface area contributed by atoms with Crippen molar-refractivity contribution >= 4 is 11.9 Å². The second-order valence-electron chi connectivity index (χ2n) is 7.21. The van der Waals surface area contributed by atoms with Gasteiger partial charge >= 0.3 is 5.97 Å². The number of carbonyl (C=O) groups excluding carboxylic acids is 1. The molecular weight excluding hydrogens is 244 g/mol. The van der Waals surface area contributed by atoms with Crippen molar-refractivity contribution in [3.8, 4) is 0 Å². The largest absolute Gasteiger partial charge is 0.480 e. The van der Waals surface area contributed by atoms with Crippen LogP contribution in [0.15, 0.2) is 0 Å². The Morgan fingerprint density at radius 3 is 2.32 bits per heavy atom. The molecule has 1 aliphatic heterocycles. The molecule has 2 atom stereocenters. The van der Waals surface area contributed by atoms with E-state index in [0.717, 1.165) is 12.8 Å². The number of hydrogen-bond donors (Lipinski definition) is 2. The summed E-state index contributed by atoms with van der Waals surface area (Å²) in [7, 11) is 0. The summed E-state index contributed by atoms with van der Waals surface area (Å²) in [4.78, 5) is 25.5. The second-order valence-corrected chi connectivity index (χ2v) is 7.21. The lowest BCUT2D eigenvalue weighted by Gasteiger charge is -2.45. The molecule has 0 radical (unpaired) electrons. The Kier molecular flexibility index (Phi) is 4.30. The van der Waals surface area contributed by atoms with Crippen molar-refractivity contribution in [2.75, 3.05) is 6.54 Å². The number of aliphatic carboxylic acids is 1. The third kappa shape index (κ3) is 3.26. The maximum Gasteiger partial charge on any atom is 0.326 e. The van der Waals surface area contributed by atoms with Crippen LogP contribution in [0.5, 0.6) is 0 Å². The number of carbonyl (C=O) groups is 2. The fourth-order valence-corrected chi connectivity index (χ4v) is 2.65. The molecule has 0 saturated carbocycles. The van der Waals surface area contributed by atoms with Crippen LogP contribution in [0.1, 0.15) is 47.5 Å². The van der Waals surface area contributed by atoms with Gasteiger partial charge in [0, 0.05) is 6.54 Å². The molecule has 1 rings (SSSR count). The van der Waals surface area contributed by atoms with Crippen molar-refractivity contribution in [2.45, 2.75) is 59.5 Å². The highest BCUT2D eigenvalue weighted by molar-refractivity contribution is 5.88. The Hall–Kier alpha value is -1.10. The van der Waals surface area contributed by atoms with Crippen LogP contribution >= 0.6 is 0 Å². The Labute approximate surface area is 115 Å². The zero-order valence-electron chi connectivity index (χ0n) is 12.6. The number of piperidine rings is 1. The van der Waals surface area contributed by atoms with Crippen LogP contribution in [0.4, 0.5) is 0 Å². The number of rotatable bonds is 2. The molecule has 0 bridgehead atoms. The van der Waals surface area contributed by atoms with Crippen LogP contribution < -0.4 is 5.73 Å². The van der Waals surface area contributed by atoms with Gasteiger partial charge in [-0.05, 0) is 23.7 Å². The van der Waals surface area contributed by atoms with Gasteiger partial charge in [-0.1, -0.05) is 34.6 Å². The summed E-state index contributed by atoms with van der Waals surface area (Å²) in [5.74, 6) is -1.20. The van der Waals surface area contributed by atoms with E-state index in [9.17, 15) is 14.7 Å². The van der Waals surface area contributed by atoms with Gasteiger partial charge in [-0.3, -0.25) is 4.79 Å². The Balaban J connectivity index is 3.03. The fraction of sp³-hybridized carbons (Fsp3) is 0.857. The van der Waals surface area contributed by atoms with E-state index in [4.69, 9.17) is 5.73 Å². The van der Waals surface area contributed by atoms with Gasteiger partial charge in [0.25, 0.3) is 0 Å². The van der Waals surface area contributed by atoms with E-state index < -0.39 is 23.5 Å². The highest BCUT2D eigenvalue weighted by Crippen LogP contribution is 2.36. The maximum absolute atomic E-state index is 12.5. The minimum atomic E-state index is -0.945. The lowest BCUT2D eigenvalue weighted by atomic mass is 9.75. The molecule has 19 heavy (non-hydrogen) atoms. The van der Waals surface area contributed by atoms with Gasteiger partial charge < -0.3 is 15.7 Å². The van der Waals surface area contributed by atoms with Crippen molar-refractivity contribution < 1.29 is 14.7 Å². The molecule has 0 aromatic rings. The van der Waals surface area contributed by atoms with Gasteiger partial charge in [0.2, 0.25) is 5.91 Å². The Morgan fingerprint density at radius 1 is 1.37 bits per heavy atom. The standard InChI is InChI=1S/C14H26N2O3/c1-13(2,3)9(15)11(17)16-8-6-7-14(4,5)10(16)12(18)19/h9-10H,6-8,15H2,1-5H3,(H,18,19)/t9-,10?/m1/s1. The van der Waals surface area contributed by atoms with E-state index in [-0.39, 0.29) is 11.3 Å². The van der Waals surface area contributed by atoms with Crippen LogP contribution in [-0.4, -0.2) is 40.5 Å². The third-order valence-electron chi connectivity index (χ3n) is 3.99. The van der Waals surface area contributed by atoms with Gasteiger partial charge in [-0.25, -0.2) is 4.79 Å². The molecule has 1 unspecified atom stereocenters. The monoisotopic (exact) mass is 270 g/mol. The summed E-state index contributed by atoms with van der Waals surface area (Å²) in [6.45, 7) is 9.94. The Bertz CT molecular complexity index is 371. The molecule has 0 aromatic heterocycles. The van der Waals surface area contributed by atoms with Gasteiger partial charge in [-0.2, -0.15) is 0 Å². The van der Waals surface area contributed by atoms with Crippen molar-refractivity contribution in [3.63, 3.8) is 0 Å². The van der Waals surface area contributed by atoms with Crippen LogP contribution in [-0.2, 0) is 9.59 Å². The molecule has 0 aromatic carbocycles. The lowest BCUT2D eigenvalue weighted by Crippen LogP contribution is -2.61. The highest BCUT2D eigenvalue weighted by atomic mass is 16.4. The first-order chi connectivity index (χ1) is 8.48. The van der Waals surface area contributed by atoms with Crippen LogP contribution in [0, 0.1) is 10.8 Å². The summed E-state index contributed by atoms with van der Waals surface area (Å²) in [5.41, 5.74) is 5.20. The number of carboxylic acids is 1. The molecule has 5 heteroatoms. The lowest BCUT2D eigenvalue weighted by molar-refractivity contribution is -0.160. The van der Waals surface area contributed by atoms with Crippen LogP contribution in [0.2, 0.25) is 0 Å². The average molecular weight is 270 g/mol. The quantitative estimate of drug-likeness (QED) is 0.795. The minimum absolute atomic E-state index is 0.257. The summed E-state index contributed by atoms with van der Waals surface area (Å²) in [6, 6.07) is -1.47. The number of hydrogen-bond acceptors (Lipinski definition) is 3. The van der Waals surface area contributed by atoms with Gasteiger partial charge in [-0.15, -0.1) is 0 Å². The highest BCUT2D eigenvalue weighted by Gasteiger charge is 2.46.